The van der Waals surface area contributed by atoms with Gasteiger partial charge in [-0.3, -0.25) is 4.68 Å². The van der Waals surface area contributed by atoms with Crippen molar-refractivity contribution in [1.82, 2.24) is 15.1 Å². The van der Waals surface area contributed by atoms with Crippen molar-refractivity contribution in [1.29, 1.82) is 0 Å². The van der Waals surface area contributed by atoms with Gasteiger partial charge in [0.2, 0.25) is 0 Å². The molecule has 3 nitrogen and oxygen atoms in total. The summed E-state index contributed by atoms with van der Waals surface area (Å²) in [5, 5.41) is 8.19. The first kappa shape index (κ1) is 13.6. The largest absolute Gasteiger partial charge is 0.315 e. The van der Waals surface area contributed by atoms with E-state index in [9.17, 15) is 0 Å². The molecule has 1 aliphatic carbocycles. The Labute approximate surface area is 111 Å². The summed E-state index contributed by atoms with van der Waals surface area (Å²) < 4.78 is 2.21. The van der Waals surface area contributed by atoms with Crippen molar-refractivity contribution >= 4 is 0 Å². The highest BCUT2D eigenvalue weighted by molar-refractivity contribution is 5.00. The highest BCUT2D eigenvalue weighted by Gasteiger charge is 2.15. The normalized spacial score (nSPS) is 17.5. The van der Waals surface area contributed by atoms with E-state index < -0.39 is 0 Å². The second-order valence-electron chi connectivity index (χ2n) is 5.79. The van der Waals surface area contributed by atoms with Crippen LogP contribution in [0.15, 0.2) is 12.3 Å². The monoisotopic (exact) mass is 249 g/mol. The number of hydrogen-bond acceptors (Lipinski definition) is 2. The quantitative estimate of drug-likeness (QED) is 0.784. The van der Waals surface area contributed by atoms with Gasteiger partial charge in [-0.25, -0.2) is 0 Å². The fourth-order valence-electron chi connectivity index (χ4n) is 2.72. The van der Waals surface area contributed by atoms with Gasteiger partial charge in [0.25, 0.3) is 0 Å². The topological polar surface area (TPSA) is 29.9 Å². The van der Waals surface area contributed by atoms with Crippen molar-refractivity contribution in [3.8, 4) is 0 Å². The summed E-state index contributed by atoms with van der Waals surface area (Å²) in [6.45, 7) is 5.48. The average molecular weight is 249 g/mol. The van der Waals surface area contributed by atoms with Gasteiger partial charge < -0.3 is 5.32 Å². The van der Waals surface area contributed by atoms with Crippen molar-refractivity contribution in [3.63, 3.8) is 0 Å². The molecule has 0 aliphatic heterocycles. The first-order valence-electron chi connectivity index (χ1n) is 7.53. The van der Waals surface area contributed by atoms with Crippen LogP contribution in [0, 0.1) is 0 Å². The van der Waals surface area contributed by atoms with E-state index in [1.165, 1.54) is 44.2 Å². The molecule has 0 amide bonds. The van der Waals surface area contributed by atoms with Gasteiger partial charge in [-0.05, 0) is 38.3 Å². The lowest BCUT2D eigenvalue weighted by Crippen LogP contribution is -2.24. The second-order valence-corrected chi connectivity index (χ2v) is 5.79. The van der Waals surface area contributed by atoms with Gasteiger partial charge in [0.1, 0.15) is 0 Å². The third-order valence-electron chi connectivity index (χ3n) is 3.77. The third kappa shape index (κ3) is 4.13. The first-order valence-corrected chi connectivity index (χ1v) is 7.53. The molecule has 1 aromatic heterocycles. The van der Waals surface area contributed by atoms with Crippen molar-refractivity contribution in [2.24, 2.45) is 0 Å². The van der Waals surface area contributed by atoms with Crippen LogP contribution in [-0.2, 0) is 6.42 Å². The molecule has 0 unspecified atom stereocenters. The molecule has 1 heterocycles. The second kappa shape index (κ2) is 6.93. The predicted molar refractivity (Wildman–Crippen MR) is 75.8 cm³/mol. The molecule has 2 rings (SSSR count). The maximum atomic E-state index is 4.74. The average Bonchev–Trinajstić information content (AvgIpc) is 2.84. The Morgan fingerprint density at radius 3 is 2.83 bits per heavy atom. The van der Waals surface area contributed by atoms with Crippen LogP contribution >= 0.6 is 0 Å². The molecule has 102 valence electrons. The summed E-state index contributed by atoms with van der Waals surface area (Å²) in [6.07, 6.45) is 11.2. The van der Waals surface area contributed by atoms with Crippen LogP contribution in [-0.4, -0.2) is 22.4 Å². The maximum absolute atomic E-state index is 4.74. The van der Waals surface area contributed by atoms with Crippen molar-refractivity contribution in [3.05, 3.63) is 18.0 Å². The molecular weight excluding hydrogens is 222 g/mol. The molecule has 0 saturated heterocycles. The molecule has 0 radical (unpaired) electrons. The van der Waals surface area contributed by atoms with Gasteiger partial charge in [0.15, 0.2) is 0 Å². The van der Waals surface area contributed by atoms with Crippen molar-refractivity contribution in [2.45, 2.75) is 70.9 Å². The van der Waals surface area contributed by atoms with E-state index in [0.29, 0.717) is 12.1 Å². The lowest BCUT2D eigenvalue weighted by atomic mass is 9.96. The Morgan fingerprint density at radius 1 is 1.33 bits per heavy atom. The Kier molecular flexibility index (Phi) is 5.24. The van der Waals surface area contributed by atoms with E-state index in [0.717, 1.165) is 13.0 Å². The molecule has 0 bridgehead atoms. The Bertz CT molecular complexity index is 337. The minimum atomic E-state index is 0.588. The van der Waals surface area contributed by atoms with Crippen LogP contribution in [0.1, 0.15) is 64.1 Å². The fraction of sp³-hybridized carbons (Fsp3) is 0.800. The molecule has 1 aliphatic rings. The van der Waals surface area contributed by atoms with Crippen molar-refractivity contribution in [2.75, 3.05) is 6.54 Å². The van der Waals surface area contributed by atoms with E-state index in [1.807, 2.05) is 0 Å². The zero-order valence-corrected chi connectivity index (χ0v) is 11.9. The zero-order valence-electron chi connectivity index (χ0n) is 11.9. The Balaban J connectivity index is 1.75. The minimum absolute atomic E-state index is 0.588. The van der Waals surface area contributed by atoms with E-state index >= 15 is 0 Å². The van der Waals surface area contributed by atoms with Crippen LogP contribution in [0.4, 0.5) is 0 Å². The molecular formula is C15H27N3. The number of hydrogen-bond donors (Lipinski definition) is 1. The summed E-state index contributed by atoms with van der Waals surface area (Å²) in [6, 6.07) is 3.45. The molecule has 1 N–H and O–H groups in total. The Hall–Kier alpha value is -0.830. The highest BCUT2D eigenvalue weighted by Crippen LogP contribution is 2.27. The van der Waals surface area contributed by atoms with Gasteiger partial charge in [0.05, 0.1) is 11.7 Å². The van der Waals surface area contributed by atoms with Gasteiger partial charge >= 0.3 is 0 Å². The summed E-state index contributed by atoms with van der Waals surface area (Å²) >= 11 is 0. The van der Waals surface area contributed by atoms with E-state index in [1.54, 1.807) is 0 Å². The first-order chi connectivity index (χ1) is 8.75. The van der Waals surface area contributed by atoms with Gasteiger partial charge in [0, 0.05) is 12.2 Å². The summed E-state index contributed by atoms with van der Waals surface area (Å²) in [5.41, 5.74) is 1.26. The Morgan fingerprint density at radius 2 is 2.11 bits per heavy atom. The number of nitrogens with one attached hydrogen (secondary N) is 1. The van der Waals surface area contributed by atoms with Crippen LogP contribution in [0.2, 0.25) is 0 Å². The molecule has 1 fully saturated rings. The fourth-order valence-corrected chi connectivity index (χ4v) is 2.72. The number of aromatic nitrogens is 2. The third-order valence-corrected chi connectivity index (χ3v) is 3.77. The highest BCUT2D eigenvalue weighted by atomic mass is 15.3. The van der Waals surface area contributed by atoms with Crippen LogP contribution < -0.4 is 5.32 Å². The molecule has 1 aromatic rings. The van der Waals surface area contributed by atoms with Crippen LogP contribution in [0.25, 0.3) is 0 Å². The molecule has 18 heavy (non-hydrogen) atoms. The molecule has 0 spiro atoms. The van der Waals surface area contributed by atoms with E-state index in [-0.39, 0.29) is 0 Å². The van der Waals surface area contributed by atoms with Crippen molar-refractivity contribution < 1.29 is 0 Å². The molecule has 1 saturated carbocycles. The molecule has 0 atom stereocenters. The van der Waals surface area contributed by atoms with Gasteiger partial charge in [-0.1, -0.05) is 33.1 Å². The summed E-state index contributed by atoms with van der Waals surface area (Å²) in [7, 11) is 0. The number of aryl methyl sites for hydroxylation is 1. The standard InChI is InChI=1S/C15H27N3/c1-13(2)16-11-6-7-14-10-12-18(17-14)15-8-4-3-5-9-15/h10,12-13,15-16H,3-9,11H2,1-2H3. The van der Waals surface area contributed by atoms with E-state index in [4.69, 9.17) is 5.10 Å². The predicted octanol–water partition coefficient (Wildman–Crippen LogP) is 3.32. The van der Waals surface area contributed by atoms with Gasteiger partial charge in [-0.2, -0.15) is 5.10 Å². The SMILES string of the molecule is CC(C)NCCCc1ccn(C2CCCCC2)n1. The smallest absolute Gasteiger partial charge is 0.0625 e. The molecule has 3 heteroatoms. The van der Waals surface area contributed by atoms with Crippen LogP contribution in [0.3, 0.4) is 0 Å². The minimum Gasteiger partial charge on any atom is -0.315 e. The summed E-state index contributed by atoms with van der Waals surface area (Å²) in [5.74, 6) is 0. The number of rotatable bonds is 6. The maximum Gasteiger partial charge on any atom is 0.0625 e. The molecule has 0 aromatic carbocycles. The lowest BCUT2D eigenvalue weighted by molar-refractivity contribution is 0.328. The summed E-state index contributed by atoms with van der Waals surface area (Å²) in [4.78, 5) is 0. The van der Waals surface area contributed by atoms with Crippen LogP contribution in [0.5, 0.6) is 0 Å². The number of nitrogens with zero attached hydrogens (tertiary/aromatic N) is 2. The van der Waals surface area contributed by atoms with E-state index in [2.05, 4.69) is 36.1 Å². The lowest BCUT2D eigenvalue weighted by Gasteiger charge is -2.21. The van der Waals surface area contributed by atoms with Gasteiger partial charge in [-0.15, -0.1) is 0 Å². The zero-order chi connectivity index (χ0) is 12.8.